The summed E-state index contributed by atoms with van der Waals surface area (Å²) in [5.41, 5.74) is 0. The van der Waals surface area contributed by atoms with Crippen LogP contribution >= 0.6 is 0 Å². The summed E-state index contributed by atoms with van der Waals surface area (Å²) in [6.45, 7) is 1.20. The molecule has 1 fully saturated rings. The number of ether oxygens (including phenoxy) is 1. The Kier molecular flexibility index (Phi) is 5.10. The van der Waals surface area contributed by atoms with Crippen LogP contribution < -0.4 is 0 Å². The van der Waals surface area contributed by atoms with E-state index < -0.39 is 22.7 Å². The Balaban J connectivity index is 1.55. The number of esters is 1. The average Bonchev–Trinajstić information content (AvgIpc) is 3.29. The molecule has 2 aromatic rings. The SMILES string of the molecule is C[C@@H]1CC(=O)[C@H](CC(=O)OCc2nnc(-c3ccco3)o2)[C@@H]1C[N+](=O)[O-]. The van der Waals surface area contributed by atoms with Crippen molar-refractivity contribution in [1.29, 1.82) is 0 Å². The van der Waals surface area contributed by atoms with Crippen molar-refractivity contribution in [1.82, 2.24) is 10.2 Å². The van der Waals surface area contributed by atoms with Crippen molar-refractivity contribution < 1.29 is 28.1 Å². The van der Waals surface area contributed by atoms with Crippen LogP contribution in [0.15, 0.2) is 27.2 Å². The normalized spacial score (nSPS) is 22.5. The van der Waals surface area contributed by atoms with Gasteiger partial charge in [-0.05, 0) is 18.1 Å². The minimum Gasteiger partial charge on any atom is -0.459 e. The van der Waals surface area contributed by atoms with E-state index in [2.05, 4.69) is 10.2 Å². The van der Waals surface area contributed by atoms with E-state index in [4.69, 9.17) is 13.6 Å². The molecule has 0 spiro atoms. The fraction of sp³-hybridized carbons (Fsp3) is 0.500. The summed E-state index contributed by atoms with van der Waals surface area (Å²) < 4.78 is 15.5. The summed E-state index contributed by atoms with van der Waals surface area (Å²) in [6, 6.07) is 3.31. The van der Waals surface area contributed by atoms with Crippen molar-refractivity contribution in [2.24, 2.45) is 17.8 Å². The molecule has 0 saturated heterocycles. The molecule has 3 rings (SSSR count). The lowest BCUT2D eigenvalue weighted by Gasteiger charge is -2.16. The number of nitro groups is 1. The zero-order valence-corrected chi connectivity index (χ0v) is 14.0. The number of carbonyl (C=O) groups is 2. The lowest BCUT2D eigenvalue weighted by Crippen LogP contribution is -2.27. The molecule has 0 aliphatic heterocycles. The Morgan fingerprint density at radius 2 is 2.27 bits per heavy atom. The van der Waals surface area contributed by atoms with E-state index in [0.717, 1.165) is 0 Å². The molecule has 1 aliphatic carbocycles. The van der Waals surface area contributed by atoms with E-state index in [9.17, 15) is 19.7 Å². The number of nitrogens with zero attached hydrogens (tertiary/aromatic N) is 3. The Morgan fingerprint density at radius 3 is 2.96 bits per heavy atom. The standard InChI is InChI=1S/C16H17N3O7/c1-9-5-12(20)10(11(9)7-19(22)23)6-15(21)25-8-14-17-18-16(26-14)13-3-2-4-24-13/h2-4,9-11H,5-8H2,1H3/t9-,10-,11-/m1/s1. The van der Waals surface area contributed by atoms with Crippen LogP contribution in [0.5, 0.6) is 0 Å². The van der Waals surface area contributed by atoms with Crippen LogP contribution in [0.1, 0.15) is 25.7 Å². The molecule has 26 heavy (non-hydrogen) atoms. The summed E-state index contributed by atoms with van der Waals surface area (Å²) in [7, 11) is 0. The average molecular weight is 363 g/mol. The second kappa shape index (κ2) is 7.46. The van der Waals surface area contributed by atoms with Gasteiger partial charge in [0.2, 0.25) is 6.54 Å². The van der Waals surface area contributed by atoms with E-state index >= 15 is 0 Å². The van der Waals surface area contributed by atoms with E-state index in [1.165, 1.54) is 6.26 Å². The summed E-state index contributed by atoms with van der Waals surface area (Å²) in [6.07, 6.45) is 1.51. The van der Waals surface area contributed by atoms with Crippen LogP contribution in [0, 0.1) is 27.9 Å². The smallest absolute Gasteiger partial charge is 0.307 e. The minimum absolute atomic E-state index is 0.0812. The third kappa shape index (κ3) is 3.95. The van der Waals surface area contributed by atoms with Crippen LogP contribution in [0.3, 0.4) is 0 Å². The molecular weight excluding hydrogens is 346 g/mol. The van der Waals surface area contributed by atoms with Gasteiger partial charge in [-0.3, -0.25) is 19.7 Å². The molecule has 138 valence electrons. The van der Waals surface area contributed by atoms with Crippen molar-refractivity contribution in [2.75, 3.05) is 6.54 Å². The molecule has 2 heterocycles. The zero-order valence-electron chi connectivity index (χ0n) is 14.0. The molecule has 0 bridgehead atoms. The summed E-state index contributed by atoms with van der Waals surface area (Å²) >= 11 is 0. The monoisotopic (exact) mass is 363 g/mol. The maximum absolute atomic E-state index is 12.0. The molecule has 1 aliphatic rings. The third-order valence-corrected chi connectivity index (χ3v) is 4.49. The Hall–Kier alpha value is -3.04. The molecular formula is C16H17N3O7. The van der Waals surface area contributed by atoms with Gasteiger partial charge in [0, 0.05) is 23.2 Å². The van der Waals surface area contributed by atoms with Crippen molar-refractivity contribution in [3.8, 4) is 11.7 Å². The second-order valence-corrected chi connectivity index (χ2v) is 6.28. The number of hydrogen-bond donors (Lipinski definition) is 0. The number of aromatic nitrogens is 2. The molecule has 2 aromatic heterocycles. The summed E-state index contributed by atoms with van der Waals surface area (Å²) in [5.74, 6) is -1.42. The van der Waals surface area contributed by atoms with Gasteiger partial charge in [0.1, 0.15) is 5.78 Å². The number of ketones is 1. The fourth-order valence-corrected chi connectivity index (χ4v) is 3.19. The van der Waals surface area contributed by atoms with Gasteiger partial charge in [-0.1, -0.05) is 6.92 Å². The molecule has 0 unspecified atom stereocenters. The van der Waals surface area contributed by atoms with Crippen LogP contribution in [0.25, 0.3) is 11.7 Å². The lowest BCUT2D eigenvalue weighted by atomic mass is 9.88. The van der Waals surface area contributed by atoms with Gasteiger partial charge < -0.3 is 13.6 Å². The third-order valence-electron chi connectivity index (χ3n) is 4.49. The Bertz CT molecular complexity index is 799. The number of furan rings is 1. The lowest BCUT2D eigenvalue weighted by molar-refractivity contribution is -0.490. The number of carbonyl (C=O) groups excluding carboxylic acids is 2. The van der Waals surface area contributed by atoms with Gasteiger partial charge in [-0.15, -0.1) is 10.2 Å². The molecule has 0 N–H and O–H groups in total. The van der Waals surface area contributed by atoms with Crippen LogP contribution in [-0.4, -0.2) is 33.4 Å². The number of hydrogen-bond acceptors (Lipinski definition) is 9. The van der Waals surface area contributed by atoms with E-state index in [1.54, 1.807) is 19.1 Å². The predicted octanol–water partition coefficient (Wildman–Crippen LogP) is 1.88. The van der Waals surface area contributed by atoms with Crippen molar-refractivity contribution in [3.05, 3.63) is 34.4 Å². The van der Waals surface area contributed by atoms with E-state index in [0.29, 0.717) is 5.76 Å². The number of rotatable bonds is 7. The van der Waals surface area contributed by atoms with E-state index in [1.807, 2.05) is 0 Å². The van der Waals surface area contributed by atoms with Gasteiger partial charge in [0.05, 0.1) is 12.7 Å². The highest BCUT2D eigenvalue weighted by Crippen LogP contribution is 2.36. The molecule has 0 radical (unpaired) electrons. The van der Waals surface area contributed by atoms with Gasteiger partial charge in [-0.25, -0.2) is 0 Å². The molecule has 0 aromatic carbocycles. The van der Waals surface area contributed by atoms with Crippen molar-refractivity contribution >= 4 is 11.8 Å². The van der Waals surface area contributed by atoms with E-state index in [-0.39, 0.29) is 49.5 Å². The zero-order chi connectivity index (χ0) is 18.7. The maximum Gasteiger partial charge on any atom is 0.307 e. The predicted molar refractivity (Wildman–Crippen MR) is 84.0 cm³/mol. The van der Waals surface area contributed by atoms with Gasteiger partial charge >= 0.3 is 5.97 Å². The first-order valence-electron chi connectivity index (χ1n) is 8.10. The highest BCUT2D eigenvalue weighted by molar-refractivity contribution is 5.87. The Labute approximate surface area is 147 Å². The first kappa shape index (κ1) is 17.8. The summed E-state index contributed by atoms with van der Waals surface area (Å²) in [5, 5.41) is 18.3. The van der Waals surface area contributed by atoms with Gasteiger partial charge in [0.25, 0.3) is 11.8 Å². The minimum atomic E-state index is -0.690. The highest BCUT2D eigenvalue weighted by Gasteiger charge is 2.44. The maximum atomic E-state index is 12.0. The van der Waals surface area contributed by atoms with Crippen molar-refractivity contribution in [2.45, 2.75) is 26.4 Å². The summed E-state index contributed by atoms with van der Waals surface area (Å²) in [4.78, 5) is 34.4. The first-order chi connectivity index (χ1) is 12.4. The quantitative estimate of drug-likeness (QED) is 0.410. The van der Waals surface area contributed by atoms with Crippen LogP contribution in [-0.2, 0) is 20.9 Å². The largest absolute Gasteiger partial charge is 0.459 e. The van der Waals surface area contributed by atoms with Crippen LogP contribution in [0.2, 0.25) is 0 Å². The first-order valence-corrected chi connectivity index (χ1v) is 8.10. The van der Waals surface area contributed by atoms with Gasteiger partial charge in [-0.2, -0.15) is 0 Å². The van der Waals surface area contributed by atoms with Crippen molar-refractivity contribution in [3.63, 3.8) is 0 Å². The highest BCUT2D eigenvalue weighted by atomic mass is 16.6. The van der Waals surface area contributed by atoms with Gasteiger partial charge in [0.15, 0.2) is 12.4 Å². The number of Topliss-reactive ketones (excluding diaryl/α,β-unsaturated/α-hetero) is 1. The second-order valence-electron chi connectivity index (χ2n) is 6.28. The molecule has 0 amide bonds. The van der Waals surface area contributed by atoms with Crippen LogP contribution in [0.4, 0.5) is 0 Å². The molecule has 10 nitrogen and oxygen atoms in total. The fourth-order valence-electron chi connectivity index (χ4n) is 3.19. The molecule has 1 saturated carbocycles. The topological polar surface area (TPSA) is 139 Å². The Morgan fingerprint density at radius 1 is 1.46 bits per heavy atom. The molecule has 10 heteroatoms. The molecule has 3 atom stereocenters.